The smallest absolute Gasteiger partial charge is 0.324 e. The molecule has 25 heavy (non-hydrogen) atoms. The molecule has 2 saturated heterocycles. The van der Waals surface area contributed by atoms with Crippen LogP contribution < -0.4 is 5.32 Å². The molecule has 0 aliphatic carbocycles. The second-order valence-electron chi connectivity index (χ2n) is 6.19. The number of nitrogens with one attached hydrogen (secondary N) is 1. The maximum absolute atomic E-state index is 12.8. The summed E-state index contributed by atoms with van der Waals surface area (Å²) in [6.45, 7) is 4.59. The molecule has 2 aliphatic rings. The van der Waals surface area contributed by atoms with E-state index in [1.54, 1.807) is 4.90 Å². The molecular formula is C15H21ClN4O4S. The van der Waals surface area contributed by atoms with Gasteiger partial charge in [-0.2, -0.15) is 0 Å². The first-order chi connectivity index (χ1) is 11.5. The van der Waals surface area contributed by atoms with Crippen LogP contribution in [0, 0.1) is 10.1 Å². The molecule has 1 aromatic heterocycles. The summed E-state index contributed by atoms with van der Waals surface area (Å²) in [5, 5.41) is 14.0. The van der Waals surface area contributed by atoms with Gasteiger partial charge in [-0.3, -0.25) is 19.7 Å². The third-order valence-electron chi connectivity index (χ3n) is 4.46. The van der Waals surface area contributed by atoms with Crippen molar-refractivity contribution in [2.45, 2.75) is 31.8 Å². The summed E-state index contributed by atoms with van der Waals surface area (Å²) in [5.41, 5.74) is 0. The van der Waals surface area contributed by atoms with Crippen molar-refractivity contribution < 1.29 is 14.5 Å². The Kier molecular flexibility index (Phi) is 6.36. The number of likely N-dealkylation sites (tertiary alicyclic amines) is 1. The summed E-state index contributed by atoms with van der Waals surface area (Å²) in [6, 6.07) is 2.60. The van der Waals surface area contributed by atoms with Crippen LogP contribution >= 0.6 is 23.7 Å². The van der Waals surface area contributed by atoms with E-state index in [4.69, 9.17) is 0 Å². The van der Waals surface area contributed by atoms with Crippen molar-refractivity contribution in [3.05, 3.63) is 27.1 Å². The minimum absolute atomic E-state index is 0. The van der Waals surface area contributed by atoms with E-state index in [9.17, 15) is 19.7 Å². The second kappa shape index (κ2) is 8.11. The van der Waals surface area contributed by atoms with Crippen LogP contribution in [0.4, 0.5) is 5.00 Å². The highest BCUT2D eigenvalue weighted by molar-refractivity contribution is 7.17. The van der Waals surface area contributed by atoms with Gasteiger partial charge in [0.05, 0.1) is 9.80 Å². The Labute approximate surface area is 155 Å². The van der Waals surface area contributed by atoms with Crippen LogP contribution in [0.25, 0.3) is 0 Å². The van der Waals surface area contributed by atoms with Gasteiger partial charge in [0, 0.05) is 38.3 Å². The molecule has 2 fully saturated rings. The van der Waals surface area contributed by atoms with E-state index in [0.717, 1.165) is 24.3 Å². The minimum atomic E-state index is -0.504. The number of carbonyl (C=O) groups is 2. The predicted octanol–water partition coefficient (Wildman–Crippen LogP) is 1.50. The van der Waals surface area contributed by atoms with Crippen LogP contribution in [-0.2, 0) is 4.79 Å². The van der Waals surface area contributed by atoms with E-state index >= 15 is 0 Å². The molecule has 2 unspecified atom stereocenters. The maximum atomic E-state index is 12.8. The van der Waals surface area contributed by atoms with Gasteiger partial charge in [0.1, 0.15) is 6.04 Å². The highest BCUT2D eigenvalue weighted by Crippen LogP contribution is 2.28. The van der Waals surface area contributed by atoms with Crippen molar-refractivity contribution in [2.75, 3.05) is 26.2 Å². The van der Waals surface area contributed by atoms with Gasteiger partial charge in [-0.15, -0.1) is 12.4 Å². The van der Waals surface area contributed by atoms with Crippen molar-refractivity contribution >= 4 is 40.6 Å². The highest BCUT2D eigenvalue weighted by Gasteiger charge is 2.38. The molecule has 10 heteroatoms. The van der Waals surface area contributed by atoms with Gasteiger partial charge in [0.15, 0.2) is 0 Å². The minimum Gasteiger partial charge on any atom is -0.338 e. The summed E-state index contributed by atoms with van der Waals surface area (Å²) in [6.07, 6.45) is 1.42. The Bertz CT molecular complexity index is 668. The lowest BCUT2D eigenvalue weighted by molar-refractivity contribution is -0.380. The Hall–Kier alpha value is -1.71. The Morgan fingerprint density at radius 2 is 2.12 bits per heavy atom. The standard InChI is InChI=1S/C15H20N4O4S.ClH/c1-10-9-17(8-6-16-10)14(20)11-3-2-7-18(11)15(21)12-4-5-13(24-12)19(22)23;/h4-5,10-11,16H,2-3,6-9H2,1H3;1H. The van der Waals surface area contributed by atoms with Crippen LogP contribution in [-0.4, -0.2) is 64.8 Å². The summed E-state index contributed by atoms with van der Waals surface area (Å²) in [7, 11) is 0. The Morgan fingerprint density at radius 1 is 1.36 bits per heavy atom. The van der Waals surface area contributed by atoms with Crippen LogP contribution in [0.5, 0.6) is 0 Å². The number of thiophene rings is 1. The third-order valence-corrected chi connectivity index (χ3v) is 5.49. The Balaban J connectivity index is 0.00000225. The lowest BCUT2D eigenvalue weighted by atomic mass is 10.1. The molecule has 2 aliphatic heterocycles. The molecule has 8 nitrogen and oxygen atoms in total. The average molecular weight is 389 g/mol. The molecule has 0 aromatic carbocycles. The fourth-order valence-corrected chi connectivity index (χ4v) is 4.07. The van der Waals surface area contributed by atoms with Crippen molar-refractivity contribution in [2.24, 2.45) is 0 Å². The third kappa shape index (κ3) is 4.10. The van der Waals surface area contributed by atoms with Gasteiger partial charge in [-0.05, 0) is 25.8 Å². The molecule has 1 N–H and O–H groups in total. The normalized spacial score (nSPS) is 23.2. The fourth-order valence-electron chi connectivity index (χ4n) is 3.29. The molecule has 0 bridgehead atoms. The zero-order valence-corrected chi connectivity index (χ0v) is 15.5. The van der Waals surface area contributed by atoms with E-state index < -0.39 is 11.0 Å². The number of hydrogen-bond acceptors (Lipinski definition) is 6. The van der Waals surface area contributed by atoms with Crippen molar-refractivity contribution in [3.8, 4) is 0 Å². The second-order valence-corrected chi connectivity index (χ2v) is 7.25. The largest absolute Gasteiger partial charge is 0.338 e. The van der Waals surface area contributed by atoms with Gasteiger partial charge >= 0.3 is 5.00 Å². The first-order valence-electron chi connectivity index (χ1n) is 8.04. The van der Waals surface area contributed by atoms with E-state index in [2.05, 4.69) is 5.32 Å². The van der Waals surface area contributed by atoms with Crippen molar-refractivity contribution in [3.63, 3.8) is 0 Å². The number of nitro groups is 1. The highest BCUT2D eigenvalue weighted by atomic mass is 35.5. The van der Waals surface area contributed by atoms with Gasteiger partial charge < -0.3 is 15.1 Å². The molecule has 0 radical (unpaired) electrons. The van der Waals surface area contributed by atoms with E-state index in [0.29, 0.717) is 30.9 Å². The molecule has 1 aromatic rings. The number of piperazine rings is 1. The molecule has 3 heterocycles. The number of rotatable bonds is 3. The number of halogens is 1. The van der Waals surface area contributed by atoms with Crippen molar-refractivity contribution in [1.82, 2.24) is 15.1 Å². The molecule has 3 rings (SSSR count). The predicted molar refractivity (Wildman–Crippen MR) is 96.3 cm³/mol. The van der Waals surface area contributed by atoms with E-state index in [1.165, 1.54) is 12.1 Å². The van der Waals surface area contributed by atoms with Gasteiger partial charge in [0.2, 0.25) is 5.91 Å². The fraction of sp³-hybridized carbons (Fsp3) is 0.600. The molecule has 2 amide bonds. The SMILES string of the molecule is CC1CN(C(=O)C2CCCN2C(=O)c2ccc([N+](=O)[O-])s2)CCN1.Cl. The summed E-state index contributed by atoms with van der Waals surface area (Å²) in [4.78, 5) is 39.5. The monoisotopic (exact) mass is 388 g/mol. The van der Waals surface area contributed by atoms with E-state index in [-0.39, 0.29) is 35.3 Å². The lowest BCUT2D eigenvalue weighted by Crippen LogP contribution is -2.56. The molecule has 2 atom stereocenters. The zero-order chi connectivity index (χ0) is 17.3. The lowest BCUT2D eigenvalue weighted by Gasteiger charge is -2.35. The van der Waals surface area contributed by atoms with Crippen LogP contribution in [0.2, 0.25) is 0 Å². The number of carbonyl (C=O) groups excluding carboxylic acids is 2. The average Bonchev–Trinajstić information content (AvgIpc) is 3.23. The summed E-state index contributed by atoms with van der Waals surface area (Å²) < 4.78 is 0. The zero-order valence-electron chi connectivity index (χ0n) is 13.8. The number of amides is 2. The summed E-state index contributed by atoms with van der Waals surface area (Å²) >= 11 is 0.860. The molecule has 138 valence electrons. The van der Waals surface area contributed by atoms with Gasteiger partial charge in [0.25, 0.3) is 5.91 Å². The molecule has 0 saturated carbocycles. The van der Waals surface area contributed by atoms with E-state index in [1.807, 2.05) is 11.8 Å². The van der Waals surface area contributed by atoms with Gasteiger partial charge in [-0.25, -0.2) is 0 Å². The number of nitrogens with zero attached hydrogens (tertiary/aromatic N) is 3. The van der Waals surface area contributed by atoms with Gasteiger partial charge in [-0.1, -0.05) is 11.3 Å². The maximum Gasteiger partial charge on any atom is 0.324 e. The first-order valence-corrected chi connectivity index (χ1v) is 8.86. The number of hydrogen-bond donors (Lipinski definition) is 1. The molecular weight excluding hydrogens is 368 g/mol. The summed E-state index contributed by atoms with van der Waals surface area (Å²) in [5.74, 6) is -0.299. The topological polar surface area (TPSA) is 95.8 Å². The van der Waals surface area contributed by atoms with Crippen LogP contribution in [0.15, 0.2) is 12.1 Å². The first kappa shape index (κ1) is 19.6. The van der Waals surface area contributed by atoms with Crippen LogP contribution in [0.3, 0.4) is 0 Å². The quantitative estimate of drug-likeness (QED) is 0.625. The van der Waals surface area contributed by atoms with Crippen LogP contribution in [0.1, 0.15) is 29.4 Å². The molecule has 0 spiro atoms. The Morgan fingerprint density at radius 3 is 2.76 bits per heavy atom. The van der Waals surface area contributed by atoms with Crippen molar-refractivity contribution in [1.29, 1.82) is 0 Å².